The van der Waals surface area contributed by atoms with Gasteiger partial charge >= 0.3 is 0 Å². The molecule has 1 saturated carbocycles. The zero-order valence-corrected chi connectivity index (χ0v) is 7.33. The van der Waals surface area contributed by atoms with Gasteiger partial charge in [0.15, 0.2) is 0 Å². The summed E-state index contributed by atoms with van der Waals surface area (Å²) in [6.07, 6.45) is 8.50. The summed E-state index contributed by atoms with van der Waals surface area (Å²) in [5, 5.41) is 0. The first-order valence-corrected chi connectivity index (χ1v) is 4.13. The normalized spacial score (nSPS) is 20.1. The third kappa shape index (κ3) is 3.43. The number of hydrogen-bond acceptors (Lipinski definition) is 1. The fourth-order valence-electron chi connectivity index (χ4n) is 1.71. The van der Waals surface area contributed by atoms with Crippen LogP contribution in [0.15, 0.2) is 0 Å². The summed E-state index contributed by atoms with van der Waals surface area (Å²) in [7, 11) is 0. The van der Waals surface area contributed by atoms with Crippen LogP contribution in [-0.4, -0.2) is 6.54 Å². The van der Waals surface area contributed by atoms with E-state index >= 15 is 0 Å². The summed E-state index contributed by atoms with van der Waals surface area (Å²) in [4.78, 5) is 0. The van der Waals surface area contributed by atoms with Crippen LogP contribution < -0.4 is 5.73 Å². The number of hydrogen-bond donors (Lipinski definition) is 1. The zero-order valence-electron chi connectivity index (χ0n) is 6.51. The zero-order chi connectivity index (χ0) is 6.53. The van der Waals surface area contributed by atoms with Crippen molar-refractivity contribution in [3.05, 3.63) is 0 Å². The van der Waals surface area contributed by atoms with Crippen LogP contribution in [0.3, 0.4) is 0 Å². The maximum absolute atomic E-state index is 5.46. The van der Waals surface area contributed by atoms with Gasteiger partial charge in [0, 0.05) is 0 Å². The minimum atomic E-state index is 0. The molecule has 2 N–H and O–H groups in total. The topological polar surface area (TPSA) is 26.0 Å². The molecule has 0 saturated heterocycles. The lowest BCUT2D eigenvalue weighted by atomic mass is 9.87. The van der Waals surface area contributed by atoms with Crippen molar-refractivity contribution >= 4 is 12.4 Å². The quantitative estimate of drug-likeness (QED) is 0.665. The van der Waals surface area contributed by atoms with Crippen molar-refractivity contribution in [3.63, 3.8) is 0 Å². The summed E-state index contributed by atoms with van der Waals surface area (Å²) < 4.78 is 0. The van der Waals surface area contributed by atoms with Gasteiger partial charge in [-0.15, -0.1) is 12.4 Å². The predicted octanol–water partition coefficient (Wildman–Crippen LogP) is 2.34. The molecule has 2 heteroatoms. The van der Waals surface area contributed by atoms with Crippen LogP contribution in [0.25, 0.3) is 0 Å². The highest BCUT2D eigenvalue weighted by atomic mass is 35.5. The van der Waals surface area contributed by atoms with Crippen LogP contribution in [0, 0.1) is 5.92 Å². The largest absolute Gasteiger partial charge is 0.330 e. The molecule has 1 fully saturated rings. The van der Waals surface area contributed by atoms with Crippen molar-refractivity contribution in [1.82, 2.24) is 0 Å². The third-order valence-corrected chi connectivity index (χ3v) is 2.30. The van der Waals surface area contributed by atoms with Gasteiger partial charge in [-0.1, -0.05) is 32.1 Å². The average molecular weight is 164 g/mol. The molecule has 1 aliphatic carbocycles. The minimum absolute atomic E-state index is 0. The molecule has 0 aliphatic heterocycles. The van der Waals surface area contributed by atoms with E-state index in [1.807, 2.05) is 0 Å². The summed E-state index contributed by atoms with van der Waals surface area (Å²) in [5.74, 6) is 0.976. The fraction of sp³-hybridized carbons (Fsp3) is 1.00. The van der Waals surface area contributed by atoms with E-state index in [1.165, 1.54) is 38.5 Å². The molecule has 0 spiro atoms. The summed E-state index contributed by atoms with van der Waals surface area (Å²) in [6.45, 7) is 0.894. The highest BCUT2D eigenvalue weighted by molar-refractivity contribution is 5.85. The average Bonchev–Trinajstić information content (AvgIpc) is 1.91. The Balaban J connectivity index is 0.000000810. The van der Waals surface area contributed by atoms with E-state index in [2.05, 4.69) is 0 Å². The van der Waals surface area contributed by atoms with Gasteiger partial charge < -0.3 is 5.73 Å². The van der Waals surface area contributed by atoms with Gasteiger partial charge in [-0.25, -0.2) is 0 Å². The lowest BCUT2D eigenvalue weighted by Crippen LogP contribution is -2.11. The van der Waals surface area contributed by atoms with Crippen LogP contribution in [0.5, 0.6) is 0 Å². The molecular weight excluding hydrogens is 146 g/mol. The second-order valence-corrected chi connectivity index (χ2v) is 3.08. The highest BCUT2D eigenvalue weighted by Gasteiger charge is 2.11. The second kappa shape index (κ2) is 5.99. The van der Waals surface area contributed by atoms with E-state index in [-0.39, 0.29) is 12.4 Å². The number of nitrogens with two attached hydrogens (primary N) is 1. The summed E-state index contributed by atoms with van der Waals surface area (Å²) >= 11 is 0. The number of rotatable bonds is 2. The van der Waals surface area contributed by atoms with Gasteiger partial charge in [0.1, 0.15) is 0 Å². The van der Waals surface area contributed by atoms with E-state index in [4.69, 9.17) is 5.73 Å². The first kappa shape index (κ1) is 10.2. The Bertz CT molecular complexity index is 66.9. The van der Waals surface area contributed by atoms with E-state index in [1.54, 1.807) is 0 Å². The van der Waals surface area contributed by atoms with E-state index in [9.17, 15) is 0 Å². The van der Waals surface area contributed by atoms with Crippen molar-refractivity contribution in [2.75, 3.05) is 6.54 Å². The predicted molar refractivity (Wildman–Crippen MR) is 47.5 cm³/mol. The lowest BCUT2D eigenvalue weighted by molar-refractivity contribution is 0.343. The van der Waals surface area contributed by atoms with Crippen molar-refractivity contribution in [2.24, 2.45) is 11.7 Å². The maximum atomic E-state index is 5.46. The van der Waals surface area contributed by atoms with E-state index in [0.29, 0.717) is 0 Å². The van der Waals surface area contributed by atoms with Crippen LogP contribution >= 0.6 is 12.4 Å². The van der Waals surface area contributed by atoms with Crippen LogP contribution in [-0.2, 0) is 0 Å². The monoisotopic (exact) mass is 163 g/mol. The first-order chi connectivity index (χ1) is 4.43. The molecule has 0 amide bonds. The van der Waals surface area contributed by atoms with E-state index in [0.717, 1.165) is 12.5 Å². The Morgan fingerprint density at radius 3 is 2.20 bits per heavy atom. The van der Waals surface area contributed by atoms with Gasteiger partial charge in [-0.2, -0.15) is 0 Å². The Labute approximate surface area is 69.8 Å². The van der Waals surface area contributed by atoms with Crippen LogP contribution in [0.4, 0.5) is 0 Å². The molecule has 0 aromatic heterocycles. The lowest BCUT2D eigenvalue weighted by Gasteiger charge is -2.20. The van der Waals surface area contributed by atoms with Crippen molar-refractivity contribution in [3.8, 4) is 0 Å². The Morgan fingerprint density at radius 2 is 1.70 bits per heavy atom. The molecule has 10 heavy (non-hydrogen) atoms. The molecule has 1 aliphatic rings. The molecule has 0 heterocycles. The van der Waals surface area contributed by atoms with Crippen molar-refractivity contribution < 1.29 is 0 Å². The minimum Gasteiger partial charge on any atom is -0.330 e. The van der Waals surface area contributed by atoms with Crippen molar-refractivity contribution in [2.45, 2.75) is 38.5 Å². The molecule has 62 valence electrons. The molecular formula is C8H18ClN. The molecule has 0 bridgehead atoms. The standard InChI is InChI=1S/C8H17N.ClH/c9-7-6-8-4-2-1-3-5-8;/h8H,1-7,9H2;1H. The number of halogens is 1. The Kier molecular flexibility index (Phi) is 6.14. The smallest absolute Gasteiger partial charge is 0.00746 e. The third-order valence-electron chi connectivity index (χ3n) is 2.30. The molecule has 1 rings (SSSR count). The van der Waals surface area contributed by atoms with Gasteiger partial charge in [0.25, 0.3) is 0 Å². The Hall–Kier alpha value is 0.250. The Morgan fingerprint density at radius 1 is 1.10 bits per heavy atom. The summed E-state index contributed by atoms with van der Waals surface area (Å²) in [5.41, 5.74) is 5.46. The van der Waals surface area contributed by atoms with Crippen molar-refractivity contribution in [1.29, 1.82) is 0 Å². The highest BCUT2D eigenvalue weighted by Crippen LogP contribution is 2.25. The first-order valence-electron chi connectivity index (χ1n) is 4.13. The van der Waals surface area contributed by atoms with Crippen LogP contribution in [0.1, 0.15) is 38.5 Å². The van der Waals surface area contributed by atoms with Gasteiger partial charge in [0.05, 0.1) is 0 Å². The SMILES string of the molecule is Cl.NCCC1CCCCC1. The fourth-order valence-corrected chi connectivity index (χ4v) is 1.71. The van der Waals surface area contributed by atoms with Gasteiger partial charge in [-0.3, -0.25) is 0 Å². The van der Waals surface area contributed by atoms with E-state index < -0.39 is 0 Å². The maximum Gasteiger partial charge on any atom is -0.00746 e. The molecule has 0 unspecified atom stereocenters. The molecule has 1 nitrogen and oxygen atoms in total. The molecule has 0 aromatic carbocycles. The van der Waals surface area contributed by atoms with Gasteiger partial charge in [0.2, 0.25) is 0 Å². The second-order valence-electron chi connectivity index (χ2n) is 3.08. The molecule has 0 radical (unpaired) electrons. The molecule has 0 aromatic rings. The molecule has 0 atom stereocenters. The summed E-state index contributed by atoms with van der Waals surface area (Å²) in [6, 6.07) is 0. The van der Waals surface area contributed by atoms with Gasteiger partial charge in [-0.05, 0) is 18.9 Å². The van der Waals surface area contributed by atoms with Crippen LogP contribution in [0.2, 0.25) is 0 Å².